The van der Waals surface area contributed by atoms with Crippen molar-refractivity contribution in [2.75, 3.05) is 6.54 Å². The summed E-state index contributed by atoms with van der Waals surface area (Å²) in [6.07, 6.45) is -0.0152. The molecule has 0 unspecified atom stereocenters. The van der Waals surface area contributed by atoms with Crippen molar-refractivity contribution >= 4 is 5.78 Å². The predicted molar refractivity (Wildman–Crippen MR) is 46.0 cm³/mol. The number of carbonyl (C=O) groups is 1. The summed E-state index contributed by atoms with van der Waals surface area (Å²) in [5, 5.41) is 9.14. The minimum Gasteiger partial charge on any atom is -0.507 e. The zero-order valence-electron chi connectivity index (χ0n) is 7.26. The lowest BCUT2D eigenvalue weighted by Gasteiger charge is -2.03. The number of phenols is 1. The van der Waals surface area contributed by atoms with E-state index in [9.17, 15) is 13.6 Å². The van der Waals surface area contributed by atoms with E-state index in [1.807, 2.05) is 0 Å². The second-order valence-corrected chi connectivity index (χ2v) is 2.75. The van der Waals surface area contributed by atoms with Gasteiger partial charge in [-0.15, -0.1) is 0 Å². The van der Waals surface area contributed by atoms with E-state index in [1.165, 1.54) is 0 Å². The SMILES string of the molecule is NCCC(=O)c1cc(F)c(F)cc1O. The zero-order valence-corrected chi connectivity index (χ0v) is 7.26. The molecule has 0 aliphatic carbocycles. The van der Waals surface area contributed by atoms with Gasteiger partial charge in [0.15, 0.2) is 17.4 Å². The molecule has 14 heavy (non-hydrogen) atoms. The third-order valence-corrected chi connectivity index (χ3v) is 1.71. The first-order valence-corrected chi connectivity index (χ1v) is 3.97. The monoisotopic (exact) mass is 201 g/mol. The van der Waals surface area contributed by atoms with Crippen LogP contribution in [0.4, 0.5) is 8.78 Å². The van der Waals surface area contributed by atoms with Crippen molar-refractivity contribution in [1.82, 2.24) is 0 Å². The van der Waals surface area contributed by atoms with Crippen molar-refractivity contribution in [3.63, 3.8) is 0 Å². The lowest BCUT2D eigenvalue weighted by Crippen LogP contribution is -2.09. The number of phenolic OH excluding ortho intramolecular Hbond substituents is 1. The fourth-order valence-corrected chi connectivity index (χ4v) is 1.03. The third kappa shape index (κ3) is 2.05. The molecule has 1 rings (SSSR count). The number of Topliss-reactive ketones (excluding diaryl/α,β-unsaturated/α-hetero) is 1. The number of aromatic hydroxyl groups is 1. The molecular weight excluding hydrogens is 192 g/mol. The molecule has 0 aromatic heterocycles. The highest BCUT2D eigenvalue weighted by molar-refractivity contribution is 5.98. The number of carbonyl (C=O) groups excluding carboxylic acids is 1. The Morgan fingerprint density at radius 2 is 1.93 bits per heavy atom. The molecule has 0 aliphatic heterocycles. The van der Waals surface area contributed by atoms with Gasteiger partial charge in [0.25, 0.3) is 0 Å². The molecule has 0 amide bonds. The van der Waals surface area contributed by atoms with Crippen molar-refractivity contribution in [3.05, 3.63) is 29.3 Å². The first kappa shape index (κ1) is 10.6. The molecule has 0 saturated carbocycles. The Balaban J connectivity index is 3.09. The molecule has 0 heterocycles. The highest BCUT2D eigenvalue weighted by Gasteiger charge is 2.14. The second-order valence-electron chi connectivity index (χ2n) is 2.75. The molecule has 0 atom stereocenters. The number of hydrogen-bond donors (Lipinski definition) is 2. The van der Waals surface area contributed by atoms with Crippen LogP contribution >= 0.6 is 0 Å². The van der Waals surface area contributed by atoms with Crippen LogP contribution in [0.15, 0.2) is 12.1 Å². The van der Waals surface area contributed by atoms with Gasteiger partial charge in [-0.05, 0) is 12.6 Å². The van der Waals surface area contributed by atoms with Crippen LogP contribution in [-0.2, 0) is 0 Å². The molecule has 3 N–H and O–H groups in total. The van der Waals surface area contributed by atoms with E-state index in [1.54, 1.807) is 0 Å². The largest absolute Gasteiger partial charge is 0.507 e. The molecule has 5 heteroatoms. The first-order valence-electron chi connectivity index (χ1n) is 3.97. The number of rotatable bonds is 3. The Labute approximate surface area is 79.2 Å². The Kier molecular flexibility index (Phi) is 3.14. The van der Waals surface area contributed by atoms with E-state index in [2.05, 4.69) is 0 Å². The maximum absolute atomic E-state index is 12.7. The number of hydrogen-bond acceptors (Lipinski definition) is 3. The van der Waals surface area contributed by atoms with Crippen LogP contribution in [0.5, 0.6) is 5.75 Å². The van der Waals surface area contributed by atoms with Gasteiger partial charge in [0.05, 0.1) is 5.56 Å². The number of nitrogens with two attached hydrogens (primary N) is 1. The van der Waals surface area contributed by atoms with Crippen molar-refractivity contribution in [2.45, 2.75) is 6.42 Å². The van der Waals surface area contributed by atoms with Crippen molar-refractivity contribution in [1.29, 1.82) is 0 Å². The molecule has 76 valence electrons. The van der Waals surface area contributed by atoms with Gasteiger partial charge >= 0.3 is 0 Å². The van der Waals surface area contributed by atoms with E-state index in [-0.39, 0.29) is 18.5 Å². The standard InChI is InChI=1S/C9H9F2NO2/c10-6-3-5(8(13)1-2-12)9(14)4-7(6)11/h3-4,14H,1-2,12H2. The number of benzene rings is 1. The molecule has 0 radical (unpaired) electrons. The quantitative estimate of drug-likeness (QED) is 0.722. The van der Waals surface area contributed by atoms with Gasteiger partial charge in [-0.1, -0.05) is 0 Å². The number of ketones is 1. The van der Waals surface area contributed by atoms with Gasteiger partial charge in [0, 0.05) is 12.5 Å². The Hall–Kier alpha value is -1.49. The van der Waals surface area contributed by atoms with Gasteiger partial charge in [0.1, 0.15) is 5.75 Å². The molecule has 0 aliphatic rings. The van der Waals surface area contributed by atoms with E-state index in [0.717, 1.165) is 0 Å². The maximum Gasteiger partial charge on any atom is 0.167 e. The summed E-state index contributed by atoms with van der Waals surface area (Å²) >= 11 is 0. The highest BCUT2D eigenvalue weighted by Crippen LogP contribution is 2.21. The molecule has 1 aromatic rings. The Morgan fingerprint density at radius 3 is 2.50 bits per heavy atom. The first-order chi connectivity index (χ1) is 6.56. The smallest absolute Gasteiger partial charge is 0.167 e. The third-order valence-electron chi connectivity index (χ3n) is 1.71. The topological polar surface area (TPSA) is 63.3 Å². The summed E-state index contributed by atoms with van der Waals surface area (Å²) in [6, 6.07) is 1.24. The summed E-state index contributed by atoms with van der Waals surface area (Å²) < 4.78 is 25.2. The average molecular weight is 201 g/mol. The van der Waals surface area contributed by atoms with Gasteiger partial charge in [-0.3, -0.25) is 4.79 Å². The van der Waals surface area contributed by atoms with Crippen LogP contribution in [0.1, 0.15) is 16.8 Å². The van der Waals surface area contributed by atoms with Gasteiger partial charge in [0.2, 0.25) is 0 Å². The summed E-state index contributed by atoms with van der Waals surface area (Å²) in [4.78, 5) is 11.2. The molecular formula is C9H9F2NO2. The van der Waals surface area contributed by atoms with Gasteiger partial charge in [-0.25, -0.2) is 8.78 Å². The maximum atomic E-state index is 12.7. The lowest BCUT2D eigenvalue weighted by molar-refractivity contribution is 0.0982. The Morgan fingerprint density at radius 1 is 1.36 bits per heavy atom. The van der Waals surface area contributed by atoms with Crippen molar-refractivity contribution < 1.29 is 18.7 Å². The minimum absolute atomic E-state index is 0.0152. The molecule has 0 spiro atoms. The van der Waals surface area contributed by atoms with Gasteiger partial charge < -0.3 is 10.8 Å². The summed E-state index contributed by atoms with van der Waals surface area (Å²) in [5.74, 6) is -3.43. The van der Waals surface area contributed by atoms with E-state index in [4.69, 9.17) is 10.8 Å². The van der Waals surface area contributed by atoms with Crippen LogP contribution < -0.4 is 5.73 Å². The lowest BCUT2D eigenvalue weighted by atomic mass is 10.1. The van der Waals surface area contributed by atoms with Crippen LogP contribution in [-0.4, -0.2) is 17.4 Å². The Bertz CT molecular complexity index is 366. The molecule has 0 saturated heterocycles. The van der Waals surface area contributed by atoms with Crippen LogP contribution in [0.3, 0.4) is 0 Å². The summed E-state index contributed by atoms with van der Waals surface area (Å²) in [6.45, 7) is 0.0945. The zero-order chi connectivity index (χ0) is 10.7. The predicted octanol–water partition coefficient (Wildman–Crippen LogP) is 1.20. The highest BCUT2D eigenvalue weighted by atomic mass is 19.2. The van der Waals surface area contributed by atoms with Crippen molar-refractivity contribution in [2.24, 2.45) is 5.73 Å². The number of halogens is 2. The van der Waals surface area contributed by atoms with Crippen LogP contribution in [0.2, 0.25) is 0 Å². The van der Waals surface area contributed by atoms with E-state index in [0.29, 0.717) is 12.1 Å². The normalized spacial score (nSPS) is 10.2. The average Bonchev–Trinajstić information content (AvgIpc) is 2.11. The molecule has 0 bridgehead atoms. The summed E-state index contributed by atoms with van der Waals surface area (Å²) in [5.41, 5.74) is 4.87. The van der Waals surface area contributed by atoms with E-state index < -0.39 is 23.2 Å². The fourth-order valence-electron chi connectivity index (χ4n) is 1.03. The molecule has 0 fully saturated rings. The molecule has 1 aromatic carbocycles. The fraction of sp³-hybridized carbons (Fsp3) is 0.222. The minimum atomic E-state index is -1.19. The van der Waals surface area contributed by atoms with Crippen LogP contribution in [0.25, 0.3) is 0 Å². The second kappa shape index (κ2) is 4.15. The van der Waals surface area contributed by atoms with E-state index >= 15 is 0 Å². The summed E-state index contributed by atoms with van der Waals surface area (Å²) in [7, 11) is 0. The van der Waals surface area contributed by atoms with Crippen LogP contribution in [0, 0.1) is 11.6 Å². The van der Waals surface area contributed by atoms with Gasteiger partial charge in [-0.2, -0.15) is 0 Å². The molecule has 3 nitrogen and oxygen atoms in total. The van der Waals surface area contributed by atoms with Crippen molar-refractivity contribution in [3.8, 4) is 5.75 Å².